The summed E-state index contributed by atoms with van der Waals surface area (Å²) in [6.07, 6.45) is 0.635. The number of ether oxygens (including phenoxy) is 1. The molecule has 0 aliphatic carbocycles. The van der Waals surface area contributed by atoms with Gasteiger partial charge < -0.3 is 24.9 Å². The minimum atomic E-state index is -1.03. The van der Waals surface area contributed by atoms with Crippen molar-refractivity contribution in [2.45, 2.75) is 46.1 Å². The van der Waals surface area contributed by atoms with E-state index < -0.39 is 12.1 Å². The number of carbonyl (C=O) groups is 4. The zero-order valence-corrected chi connectivity index (χ0v) is 24.0. The van der Waals surface area contributed by atoms with Gasteiger partial charge in [-0.25, -0.2) is 4.79 Å². The minimum Gasteiger partial charge on any atom is -0.481 e. The summed E-state index contributed by atoms with van der Waals surface area (Å²) in [6, 6.07) is 8.20. The molecule has 3 rings (SSSR count). The van der Waals surface area contributed by atoms with Crippen LogP contribution in [0.4, 0.5) is 4.79 Å². The van der Waals surface area contributed by atoms with Crippen LogP contribution in [0.25, 0.3) is 21.9 Å². The van der Waals surface area contributed by atoms with Crippen molar-refractivity contribution in [3.05, 3.63) is 57.2 Å². The van der Waals surface area contributed by atoms with Crippen LogP contribution in [-0.4, -0.2) is 53.5 Å². The summed E-state index contributed by atoms with van der Waals surface area (Å²) in [5.41, 5.74) is 2.03. The Bertz CT molecular complexity index is 1450. The predicted octanol–water partition coefficient (Wildman–Crippen LogP) is 4.36. The monoisotopic (exact) mass is 588 g/mol. The third-order valence-corrected chi connectivity index (χ3v) is 8.47. The second-order valence-electron chi connectivity index (χ2n) is 9.07. The van der Waals surface area contributed by atoms with Crippen molar-refractivity contribution in [3.8, 4) is 0 Å². The van der Waals surface area contributed by atoms with Gasteiger partial charge in [-0.1, -0.05) is 39.8 Å². The fraction of sp³-hybridized carbons (Fsp3) is 0.393. The molecule has 2 amide bonds. The van der Waals surface area contributed by atoms with Crippen LogP contribution >= 0.6 is 21.6 Å². The predicted molar refractivity (Wildman–Crippen MR) is 157 cm³/mol. The molecule has 0 unspecified atom stereocenters. The third-order valence-electron chi connectivity index (χ3n) is 5.98. The zero-order valence-electron chi connectivity index (χ0n) is 22.4. The molecule has 0 radical (unpaired) electrons. The van der Waals surface area contributed by atoms with Gasteiger partial charge in [-0.3, -0.25) is 19.2 Å². The van der Waals surface area contributed by atoms with Crippen molar-refractivity contribution in [2.24, 2.45) is 0 Å². The largest absolute Gasteiger partial charge is 0.481 e. The number of benzene rings is 2. The third kappa shape index (κ3) is 9.02. The van der Waals surface area contributed by atoms with E-state index in [0.29, 0.717) is 64.7 Å². The number of aliphatic carboxylic acids is 1. The summed E-state index contributed by atoms with van der Waals surface area (Å²) >= 11 is 0. The quantitative estimate of drug-likeness (QED) is 0.133. The number of fused-ring (bicyclic) bond motifs is 2. The second kappa shape index (κ2) is 15.3. The Morgan fingerprint density at radius 3 is 2.42 bits per heavy atom. The lowest BCUT2D eigenvalue weighted by atomic mass is 10.0. The molecule has 3 N–H and O–H groups in total. The van der Waals surface area contributed by atoms with E-state index in [1.807, 2.05) is 0 Å². The number of amides is 2. The molecule has 12 heteroatoms. The maximum Gasteiger partial charge on any atom is 0.407 e. The van der Waals surface area contributed by atoms with Gasteiger partial charge in [0.1, 0.15) is 23.6 Å². The van der Waals surface area contributed by atoms with Gasteiger partial charge in [0, 0.05) is 43.0 Å². The van der Waals surface area contributed by atoms with Crippen LogP contribution in [0.3, 0.4) is 0 Å². The summed E-state index contributed by atoms with van der Waals surface area (Å²) < 4.78 is 11.4. The highest BCUT2D eigenvalue weighted by atomic mass is 33.1. The van der Waals surface area contributed by atoms with Crippen molar-refractivity contribution in [3.63, 3.8) is 0 Å². The van der Waals surface area contributed by atoms with Crippen molar-refractivity contribution in [2.75, 3.05) is 24.6 Å². The molecule has 214 valence electrons. The number of Topliss-reactive ketones (excluding diaryl/α,β-unsaturated/α-hetero) is 1. The number of hydrogen-bond acceptors (Lipinski definition) is 9. The lowest BCUT2D eigenvalue weighted by molar-refractivity contribution is -0.136. The van der Waals surface area contributed by atoms with E-state index in [-0.39, 0.29) is 35.7 Å². The van der Waals surface area contributed by atoms with Gasteiger partial charge in [0.2, 0.25) is 11.3 Å². The van der Waals surface area contributed by atoms with Crippen LogP contribution in [0.15, 0.2) is 39.5 Å². The summed E-state index contributed by atoms with van der Waals surface area (Å²) in [5.74, 6) is 0.415. The number of aryl methyl sites for hydroxylation is 1. The Kier molecular flexibility index (Phi) is 11.9. The van der Waals surface area contributed by atoms with E-state index in [1.165, 1.54) is 6.92 Å². The van der Waals surface area contributed by atoms with E-state index in [0.717, 1.165) is 12.2 Å². The Morgan fingerprint density at radius 2 is 1.68 bits per heavy atom. The molecule has 40 heavy (non-hydrogen) atoms. The lowest BCUT2D eigenvalue weighted by Crippen LogP contribution is -2.26. The van der Waals surface area contributed by atoms with Crippen molar-refractivity contribution in [1.29, 1.82) is 0 Å². The summed E-state index contributed by atoms with van der Waals surface area (Å²) in [5, 5.41) is 15.3. The molecule has 0 aliphatic rings. The first-order valence-electron chi connectivity index (χ1n) is 12.8. The fourth-order valence-electron chi connectivity index (χ4n) is 3.90. The average molecular weight is 589 g/mol. The van der Waals surface area contributed by atoms with Crippen molar-refractivity contribution in [1.82, 2.24) is 10.6 Å². The number of carboxylic acid groups (broad SMARTS) is 1. The summed E-state index contributed by atoms with van der Waals surface area (Å²) in [6.45, 7) is 4.01. The van der Waals surface area contributed by atoms with Gasteiger partial charge in [-0.15, -0.1) is 0 Å². The average Bonchev–Trinajstić information content (AvgIpc) is 2.90. The number of nitrogens with one attached hydrogen (secondary N) is 2. The van der Waals surface area contributed by atoms with Crippen LogP contribution in [0.5, 0.6) is 0 Å². The van der Waals surface area contributed by atoms with Crippen LogP contribution < -0.4 is 16.1 Å². The van der Waals surface area contributed by atoms with E-state index in [9.17, 15) is 29.1 Å². The molecule has 0 spiro atoms. The first-order chi connectivity index (χ1) is 19.2. The maximum absolute atomic E-state index is 13.0. The maximum atomic E-state index is 13.0. The number of carbonyl (C=O) groups excluding carboxylic acids is 3. The Labute approximate surface area is 239 Å². The molecule has 10 nitrogen and oxygen atoms in total. The Morgan fingerprint density at radius 1 is 0.925 bits per heavy atom. The van der Waals surface area contributed by atoms with E-state index in [1.54, 1.807) is 58.8 Å². The standard InChI is InChI=1S/C28H32N2O8S2/c1-17(31)10-11-29-23(32)7-4-13-39-40-14-12-30-28(36)37-16-20-8-9-22-25(35)21-6-3-5-19(15-24(33)34)27(21)38-26(22)18(20)2/h3,5-6,8-9H,4,7,10-16H2,1-2H3,(H,29,32)(H,30,36)(H,33,34). The zero-order chi connectivity index (χ0) is 29.1. The van der Waals surface area contributed by atoms with Gasteiger partial charge in [0.15, 0.2) is 0 Å². The van der Waals surface area contributed by atoms with Crippen LogP contribution in [0, 0.1) is 6.92 Å². The lowest BCUT2D eigenvalue weighted by Gasteiger charge is -2.12. The van der Waals surface area contributed by atoms with Gasteiger partial charge in [0.25, 0.3) is 0 Å². The highest BCUT2D eigenvalue weighted by Gasteiger charge is 2.16. The number of carboxylic acids is 1. The molecule has 0 aliphatic heterocycles. The highest BCUT2D eigenvalue weighted by molar-refractivity contribution is 8.76. The second-order valence-corrected chi connectivity index (χ2v) is 11.8. The number of para-hydroxylation sites is 1. The van der Waals surface area contributed by atoms with E-state index >= 15 is 0 Å². The first-order valence-corrected chi connectivity index (χ1v) is 15.3. The highest BCUT2D eigenvalue weighted by Crippen LogP contribution is 2.27. The molecule has 3 aromatic rings. The molecular formula is C28H32N2O8S2. The topological polar surface area (TPSA) is 152 Å². The molecule has 0 bridgehead atoms. The number of ketones is 1. The molecule has 0 fully saturated rings. The van der Waals surface area contributed by atoms with Gasteiger partial charge in [-0.05, 0) is 43.5 Å². The molecule has 0 saturated carbocycles. The first kappa shape index (κ1) is 31.0. The van der Waals surface area contributed by atoms with Crippen molar-refractivity contribution >= 4 is 67.3 Å². The summed E-state index contributed by atoms with van der Waals surface area (Å²) in [4.78, 5) is 59.0. The number of rotatable bonds is 15. The number of hydrogen-bond donors (Lipinski definition) is 3. The molecule has 0 saturated heterocycles. The van der Waals surface area contributed by atoms with E-state index in [2.05, 4.69) is 10.6 Å². The Balaban J connectivity index is 1.44. The van der Waals surface area contributed by atoms with Crippen LogP contribution in [0.1, 0.15) is 42.9 Å². The minimum absolute atomic E-state index is 0.0253. The van der Waals surface area contributed by atoms with E-state index in [4.69, 9.17) is 9.15 Å². The van der Waals surface area contributed by atoms with Crippen LogP contribution in [-0.2, 0) is 32.1 Å². The van der Waals surface area contributed by atoms with Crippen LogP contribution in [0.2, 0.25) is 0 Å². The van der Waals surface area contributed by atoms with Gasteiger partial charge >= 0.3 is 12.1 Å². The van der Waals surface area contributed by atoms with Crippen molar-refractivity contribution < 1.29 is 33.4 Å². The molecule has 1 heterocycles. The normalized spacial score (nSPS) is 10.9. The smallest absolute Gasteiger partial charge is 0.407 e. The van der Waals surface area contributed by atoms with Gasteiger partial charge in [0.05, 0.1) is 17.2 Å². The summed E-state index contributed by atoms with van der Waals surface area (Å²) in [7, 11) is 3.20. The Hall–Kier alpha value is -3.51. The number of alkyl carbamates (subject to hydrolysis) is 1. The van der Waals surface area contributed by atoms with Gasteiger partial charge in [-0.2, -0.15) is 0 Å². The molecule has 2 aromatic carbocycles. The molecule has 1 aromatic heterocycles. The molecular weight excluding hydrogens is 556 g/mol. The SMILES string of the molecule is CC(=O)CCNC(=O)CCCSSCCNC(=O)OCc1ccc2c(=O)c3cccc(CC(=O)O)c3oc2c1C. The fourth-order valence-corrected chi connectivity index (χ4v) is 5.89. The molecule has 0 atom stereocenters.